The zero-order valence-electron chi connectivity index (χ0n) is 13.3. The lowest BCUT2D eigenvalue weighted by atomic mass is 9.77. The molecule has 0 unspecified atom stereocenters. The Morgan fingerprint density at radius 3 is 3.00 bits per heavy atom. The van der Waals surface area contributed by atoms with Crippen LogP contribution in [0, 0.1) is 11.8 Å². The lowest BCUT2D eigenvalue weighted by Gasteiger charge is -2.22. The number of amides is 1. The van der Waals surface area contributed by atoms with Crippen molar-refractivity contribution in [3.05, 3.63) is 12.2 Å². The van der Waals surface area contributed by atoms with Gasteiger partial charge in [-0.05, 0) is 20.3 Å². The summed E-state index contributed by atoms with van der Waals surface area (Å²) in [5, 5.41) is 0. The molecule has 0 aromatic heterocycles. The molecule has 4 atom stereocenters. The van der Waals surface area contributed by atoms with Gasteiger partial charge < -0.3 is 19.1 Å². The molecule has 0 aliphatic carbocycles. The van der Waals surface area contributed by atoms with E-state index in [2.05, 4.69) is 0 Å². The molecule has 0 N–H and O–H groups in total. The highest BCUT2D eigenvalue weighted by Gasteiger charge is 2.67. The number of likely N-dealkylation sites (tertiary alicyclic amines) is 1. The van der Waals surface area contributed by atoms with Gasteiger partial charge in [0, 0.05) is 13.2 Å². The van der Waals surface area contributed by atoms with Crippen LogP contribution < -0.4 is 0 Å². The number of methoxy groups -OCH3 is 1. The topological polar surface area (TPSA) is 65.1 Å². The zero-order chi connectivity index (χ0) is 15.9. The van der Waals surface area contributed by atoms with Crippen LogP contribution in [0.5, 0.6) is 0 Å². The summed E-state index contributed by atoms with van der Waals surface area (Å²) in [7, 11) is 1.35. The Morgan fingerprint density at radius 1 is 1.55 bits per heavy atom. The molecule has 6 nitrogen and oxygen atoms in total. The Labute approximate surface area is 130 Å². The number of nitrogens with zero attached hydrogens (tertiary/aromatic N) is 1. The molecular formula is C16H23NO5. The first-order valence-electron chi connectivity index (χ1n) is 7.84. The van der Waals surface area contributed by atoms with Gasteiger partial charge in [0.1, 0.15) is 11.5 Å². The molecule has 0 saturated carbocycles. The highest BCUT2D eigenvalue weighted by molar-refractivity contribution is 5.91. The highest BCUT2D eigenvalue weighted by atomic mass is 16.5. The van der Waals surface area contributed by atoms with Crippen LogP contribution in [0.25, 0.3) is 0 Å². The van der Waals surface area contributed by atoms with E-state index in [9.17, 15) is 9.59 Å². The number of esters is 1. The molecule has 2 bridgehead atoms. The van der Waals surface area contributed by atoms with Crippen LogP contribution in [0.4, 0.5) is 0 Å². The van der Waals surface area contributed by atoms with Gasteiger partial charge in [0.15, 0.2) is 0 Å². The van der Waals surface area contributed by atoms with Gasteiger partial charge in [-0.3, -0.25) is 9.59 Å². The highest BCUT2D eigenvalue weighted by Crippen LogP contribution is 2.52. The lowest BCUT2D eigenvalue weighted by Crippen LogP contribution is -2.39. The molecule has 3 aliphatic rings. The smallest absolute Gasteiger partial charge is 0.312 e. The summed E-state index contributed by atoms with van der Waals surface area (Å²) in [6.45, 7) is 5.74. The Morgan fingerprint density at radius 2 is 2.32 bits per heavy atom. The first-order chi connectivity index (χ1) is 10.5. The summed E-state index contributed by atoms with van der Waals surface area (Å²) in [6.07, 6.45) is 4.48. The summed E-state index contributed by atoms with van der Waals surface area (Å²) >= 11 is 0. The number of rotatable bonds is 6. The summed E-state index contributed by atoms with van der Waals surface area (Å²) in [5.41, 5.74) is -0.639. The molecule has 3 rings (SSSR count). The Bertz CT molecular complexity index is 503. The largest absolute Gasteiger partial charge is 0.469 e. The summed E-state index contributed by atoms with van der Waals surface area (Å²) in [5.74, 6) is -1.33. The van der Waals surface area contributed by atoms with Crippen LogP contribution in [0.3, 0.4) is 0 Å². The van der Waals surface area contributed by atoms with Crippen molar-refractivity contribution in [2.75, 3.05) is 26.8 Å². The monoisotopic (exact) mass is 309 g/mol. The third-order valence-electron chi connectivity index (χ3n) is 4.68. The fraction of sp³-hybridized carbons (Fsp3) is 0.750. The van der Waals surface area contributed by atoms with E-state index in [-0.39, 0.29) is 24.1 Å². The second-order valence-electron chi connectivity index (χ2n) is 6.46. The van der Waals surface area contributed by atoms with E-state index in [1.807, 2.05) is 26.0 Å². The number of carbonyl (C=O) groups is 2. The van der Waals surface area contributed by atoms with Crippen LogP contribution in [-0.4, -0.2) is 61.4 Å². The standard InChI is InChI=1S/C16H23NO5/c1-10(2)21-8-4-7-17-9-16-6-5-11(22-16)12(15(19)20-3)13(16)14(17)18/h5-6,10-13H,4,7-9H2,1-3H3/t11-,12+,13+,16+/m1/s1. The van der Waals surface area contributed by atoms with Gasteiger partial charge in [-0.25, -0.2) is 0 Å². The van der Waals surface area contributed by atoms with Gasteiger partial charge in [-0.2, -0.15) is 0 Å². The first-order valence-corrected chi connectivity index (χ1v) is 7.84. The van der Waals surface area contributed by atoms with Gasteiger partial charge in [-0.15, -0.1) is 0 Å². The van der Waals surface area contributed by atoms with Gasteiger partial charge in [0.2, 0.25) is 5.91 Å². The SMILES string of the molecule is COC(=O)[C@@H]1[C@H]2C(=O)N(CCCOC(C)C)C[C@@]23C=C[C@H]1O3. The molecule has 0 radical (unpaired) electrons. The molecule has 122 valence electrons. The summed E-state index contributed by atoms with van der Waals surface area (Å²) in [4.78, 5) is 26.5. The minimum Gasteiger partial charge on any atom is -0.469 e. The van der Waals surface area contributed by atoms with Crippen molar-refractivity contribution in [2.45, 2.75) is 38.1 Å². The number of ether oxygens (including phenoxy) is 3. The molecule has 0 aromatic rings. The number of carbonyl (C=O) groups excluding carboxylic acids is 2. The van der Waals surface area contributed by atoms with Crippen molar-refractivity contribution in [1.29, 1.82) is 0 Å². The molecule has 6 heteroatoms. The van der Waals surface area contributed by atoms with E-state index >= 15 is 0 Å². The average Bonchev–Trinajstić information content (AvgIpc) is 3.11. The fourth-order valence-corrected chi connectivity index (χ4v) is 3.75. The number of hydrogen-bond donors (Lipinski definition) is 0. The maximum atomic E-state index is 12.7. The number of hydrogen-bond acceptors (Lipinski definition) is 5. The molecule has 3 aliphatic heterocycles. The molecule has 0 aromatic carbocycles. The van der Waals surface area contributed by atoms with Crippen LogP contribution in [0.15, 0.2) is 12.2 Å². The van der Waals surface area contributed by atoms with Crippen molar-refractivity contribution in [3.63, 3.8) is 0 Å². The minimum absolute atomic E-state index is 0.00760. The average molecular weight is 309 g/mol. The Hall–Kier alpha value is -1.40. The predicted octanol–water partition coefficient (Wildman–Crippen LogP) is 0.757. The van der Waals surface area contributed by atoms with E-state index in [1.54, 1.807) is 4.90 Å². The molecule has 1 spiro atoms. The van der Waals surface area contributed by atoms with Crippen molar-refractivity contribution < 1.29 is 23.8 Å². The van der Waals surface area contributed by atoms with E-state index in [0.29, 0.717) is 19.7 Å². The van der Waals surface area contributed by atoms with Crippen LogP contribution in [0.2, 0.25) is 0 Å². The predicted molar refractivity (Wildman–Crippen MR) is 78.0 cm³/mol. The molecule has 2 fully saturated rings. The molecule has 3 heterocycles. The second-order valence-corrected chi connectivity index (χ2v) is 6.46. The van der Waals surface area contributed by atoms with Crippen molar-refractivity contribution in [2.24, 2.45) is 11.8 Å². The normalized spacial score (nSPS) is 35.5. The molecule has 22 heavy (non-hydrogen) atoms. The van der Waals surface area contributed by atoms with Gasteiger partial charge in [0.05, 0.1) is 31.8 Å². The third-order valence-corrected chi connectivity index (χ3v) is 4.68. The van der Waals surface area contributed by atoms with E-state index in [4.69, 9.17) is 14.2 Å². The zero-order valence-corrected chi connectivity index (χ0v) is 13.3. The van der Waals surface area contributed by atoms with Gasteiger partial charge in [-0.1, -0.05) is 12.2 Å². The fourth-order valence-electron chi connectivity index (χ4n) is 3.75. The quantitative estimate of drug-likeness (QED) is 0.412. The van der Waals surface area contributed by atoms with E-state index in [1.165, 1.54) is 7.11 Å². The van der Waals surface area contributed by atoms with E-state index in [0.717, 1.165) is 6.42 Å². The molecule has 1 amide bonds. The first kappa shape index (κ1) is 15.5. The number of fused-ring (bicyclic) bond motifs is 1. The maximum absolute atomic E-state index is 12.7. The van der Waals surface area contributed by atoms with Crippen LogP contribution >= 0.6 is 0 Å². The third kappa shape index (κ3) is 2.34. The van der Waals surface area contributed by atoms with E-state index < -0.39 is 17.4 Å². The summed E-state index contributed by atoms with van der Waals surface area (Å²) < 4.78 is 16.3. The van der Waals surface area contributed by atoms with Crippen LogP contribution in [0.1, 0.15) is 20.3 Å². The summed E-state index contributed by atoms with van der Waals surface area (Å²) in [6, 6.07) is 0. The Kier molecular flexibility index (Phi) is 3.99. The molecule has 2 saturated heterocycles. The van der Waals surface area contributed by atoms with Crippen molar-refractivity contribution in [3.8, 4) is 0 Å². The second kappa shape index (κ2) is 5.66. The minimum atomic E-state index is -0.639. The lowest BCUT2D eigenvalue weighted by molar-refractivity contribution is -0.151. The van der Waals surface area contributed by atoms with Crippen molar-refractivity contribution >= 4 is 11.9 Å². The van der Waals surface area contributed by atoms with Gasteiger partial charge >= 0.3 is 5.97 Å². The van der Waals surface area contributed by atoms with Crippen LogP contribution in [-0.2, 0) is 23.8 Å². The van der Waals surface area contributed by atoms with Gasteiger partial charge in [0.25, 0.3) is 0 Å². The molecular weight excluding hydrogens is 286 g/mol. The van der Waals surface area contributed by atoms with Crippen molar-refractivity contribution in [1.82, 2.24) is 4.90 Å². The Balaban J connectivity index is 1.66. The maximum Gasteiger partial charge on any atom is 0.312 e.